The summed E-state index contributed by atoms with van der Waals surface area (Å²) in [7, 11) is 0. The smallest absolute Gasteiger partial charge is 0.227 e. The fraction of sp³-hybridized carbons (Fsp3) is 0.600. The number of hydrogen-bond donors (Lipinski definition) is 2. The van der Waals surface area contributed by atoms with E-state index in [0.29, 0.717) is 18.2 Å². The van der Waals surface area contributed by atoms with Gasteiger partial charge in [-0.1, -0.05) is 0 Å². The Kier molecular flexibility index (Phi) is 3.87. The summed E-state index contributed by atoms with van der Waals surface area (Å²) < 4.78 is 5.28. The van der Waals surface area contributed by atoms with Crippen molar-refractivity contribution in [1.29, 1.82) is 0 Å². The molecular weight excluding hydrogens is 226 g/mol. The van der Waals surface area contributed by atoms with Crippen LogP contribution in [0.5, 0.6) is 0 Å². The molecule has 6 heteroatoms. The van der Waals surface area contributed by atoms with E-state index in [2.05, 4.69) is 15.6 Å². The number of carbonyl (C=O) groups excluding carboxylic acids is 1. The molecule has 1 aromatic rings. The van der Waals surface area contributed by atoms with Gasteiger partial charge in [-0.25, -0.2) is 4.98 Å². The topological polar surface area (TPSA) is 63.2 Å². The Hall–Kier alpha value is -0.980. The summed E-state index contributed by atoms with van der Waals surface area (Å²) in [5.74, 6) is -0.0163. The fourth-order valence-electron chi connectivity index (χ4n) is 1.56. The lowest BCUT2D eigenvalue weighted by atomic mass is 10.2. The molecule has 1 aliphatic rings. The van der Waals surface area contributed by atoms with Crippen molar-refractivity contribution < 1.29 is 9.53 Å². The number of amides is 1. The van der Waals surface area contributed by atoms with Crippen LogP contribution in [0.25, 0.3) is 0 Å². The zero-order valence-corrected chi connectivity index (χ0v) is 9.97. The molecule has 2 rings (SSSR count). The van der Waals surface area contributed by atoms with E-state index < -0.39 is 0 Å². The summed E-state index contributed by atoms with van der Waals surface area (Å²) in [5, 5.41) is 6.69. The molecule has 5 nitrogen and oxygen atoms in total. The lowest BCUT2D eigenvalue weighted by molar-refractivity contribution is -0.117. The van der Waals surface area contributed by atoms with E-state index in [9.17, 15) is 4.79 Å². The van der Waals surface area contributed by atoms with Gasteiger partial charge in [0.25, 0.3) is 0 Å². The first-order valence-corrected chi connectivity index (χ1v) is 6.09. The zero-order chi connectivity index (χ0) is 11.4. The number of ether oxygens (including phenoxy) is 1. The van der Waals surface area contributed by atoms with Gasteiger partial charge in [0.05, 0.1) is 13.2 Å². The van der Waals surface area contributed by atoms with E-state index in [1.165, 1.54) is 11.3 Å². The molecule has 2 N–H and O–H groups in total. The van der Waals surface area contributed by atoms with Crippen molar-refractivity contribution in [2.45, 2.75) is 19.4 Å². The van der Waals surface area contributed by atoms with Gasteiger partial charge >= 0.3 is 0 Å². The van der Waals surface area contributed by atoms with E-state index in [1.54, 1.807) is 6.20 Å². The zero-order valence-electron chi connectivity index (χ0n) is 9.16. The second-order valence-electron chi connectivity index (χ2n) is 3.75. The van der Waals surface area contributed by atoms with Crippen molar-refractivity contribution in [2.75, 3.05) is 25.1 Å². The first-order chi connectivity index (χ1) is 7.74. The minimum absolute atomic E-state index is 0.0163. The van der Waals surface area contributed by atoms with Crippen molar-refractivity contribution >= 4 is 22.4 Å². The maximum atomic E-state index is 11.6. The third-order valence-electron chi connectivity index (χ3n) is 2.30. The third-order valence-corrected chi connectivity index (χ3v) is 3.13. The molecule has 1 amide bonds. The average Bonchev–Trinajstić information content (AvgIpc) is 2.65. The molecule has 1 fully saturated rings. The molecule has 16 heavy (non-hydrogen) atoms. The van der Waals surface area contributed by atoms with Gasteiger partial charge < -0.3 is 15.4 Å². The first kappa shape index (κ1) is 11.5. The van der Waals surface area contributed by atoms with Crippen LogP contribution in [0.3, 0.4) is 0 Å². The number of nitrogens with one attached hydrogen (secondary N) is 2. The van der Waals surface area contributed by atoms with E-state index in [-0.39, 0.29) is 11.9 Å². The Balaban J connectivity index is 1.79. The molecule has 2 heterocycles. The Morgan fingerprint density at radius 3 is 3.31 bits per heavy atom. The van der Waals surface area contributed by atoms with Crippen molar-refractivity contribution in [3.63, 3.8) is 0 Å². The number of morpholine rings is 1. The molecular formula is C10H15N3O2S. The summed E-state index contributed by atoms with van der Waals surface area (Å²) in [4.78, 5) is 16.8. The van der Waals surface area contributed by atoms with Crippen LogP contribution in [-0.2, 0) is 9.53 Å². The van der Waals surface area contributed by atoms with Gasteiger partial charge in [0, 0.05) is 30.1 Å². The highest BCUT2D eigenvalue weighted by Crippen LogP contribution is 2.16. The predicted molar refractivity (Wildman–Crippen MR) is 62.7 cm³/mol. The van der Waals surface area contributed by atoms with Crippen molar-refractivity contribution in [2.24, 2.45) is 0 Å². The minimum Gasteiger partial charge on any atom is -0.378 e. The van der Waals surface area contributed by atoms with Gasteiger partial charge in [-0.3, -0.25) is 4.79 Å². The van der Waals surface area contributed by atoms with Gasteiger partial charge in [0.2, 0.25) is 5.91 Å². The second-order valence-corrected chi connectivity index (χ2v) is 4.99. The van der Waals surface area contributed by atoms with Crippen LogP contribution in [-0.4, -0.2) is 36.7 Å². The molecule has 1 aromatic heterocycles. The average molecular weight is 241 g/mol. The second kappa shape index (κ2) is 5.38. The normalized spacial score (nSPS) is 20.7. The monoisotopic (exact) mass is 241 g/mol. The molecule has 0 spiro atoms. The quantitative estimate of drug-likeness (QED) is 0.820. The van der Waals surface area contributed by atoms with Gasteiger partial charge in [0.1, 0.15) is 0 Å². The van der Waals surface area contributed by atoms with E-state index in [4.69, 9.17) is 4.74 Å². The largest absolute Gasteiger partial charge is 0.378 e. The van der Waals surface area contributed by atoms with Gasteiger partial charge in [-0.15, -0.1) is 11.3 Å². The van der Waals surface area contributed by atoms with Crippen LogP contribution in [0, 0.1) is 6.92 Å². The molecule has 88 valence electrons. The van der Waals surface area contributed by atoms with E-state index in [1.807, 2.05) is 6.92 Å². The molecule has 1 saturated heterocycles. The number of anilines is 1. The number of aromatic nitrogens is 1. The summed E-state index contributed by atoms with van der Waals surface area (Å²) in [6.07, 6.45) is 2.18. The van der Waals surface area contributed by atoms with Crippen LogP contribution >= 0.6 is 11.3 Å². The highest BCUT2D eigenvalue weighted by Gasteiger charge is 2.17. The van der Waals surface area contributed by atoms with Crippen molar-refractivity contribution in [1.82, 2.24) is 10.3 Å². The van der Waals surface area contributed by atoms with Crippen molar-refractivity contribution in [3.8, 4) is 0 Å². The molecule has 0 saturated carbocycles. The van der Waals surface area contributed by atoms with Crippen LogP contribution < -0.4 is 10.6 Å². The number of hydrogen-bond acceptors (Lipinski definition) is 5. The number of thiazole rings is 1. The molecule has 0 aromatic carbocycles. The number of nitrogens with zero attached hydrogens (tertiary/aromatic N) is 1. The van der Waals surface area contributed by atoms with Crippen LogP contribution in [0.2, 0.25) is 0 Å². The summed E-state index contributed by atoms with van der Waals surface area (Å²) in [6.45, 7) is 4.10. The molecule has 0 radical (unpaired) electrons. The molecule has 1 aliphatic heterocycles. The summed E-state index contributed by atoms with van der Waals surface area (Å²) >= 11 is 1.48. The van der Waals surface area contributed by atoms with Gasteiger partial charge in [-0.2, -0.15) is 0 Å². The van der Waals surface area contributed by atoms with Gasteiger partial charge in [-0.05, 0) is 6.92 Å². The lowest BCUT2D eigenvalue weighted by Crippen LogP contribution is -2.43. The minimum atomic E-state index is -0.0163. The highest BCUT2D eigenvalue weighted by molar-refractivity contribution is 7.15. The first-order valence-electron chi connectivity index (χ1n) is 5.27. The lowest BCUT2D eigenvalue weighted by Gasteiger charge is -2.22. The predicted octanol–water partition coefficient (Wildman–Crippen LogP) is 0.769. The Labute approximate surface area is 98.2 Å². The molecule has 1 unspecified atom stereocenters. The Bertz CT molecular complexity index is 361. The standard InChI is InChI=1S/C10H15N3O2S/c1-7-5-12-10(16-7)13-9(14)4-8-6-15-3-2-11-8/h5,8,11H,2-4,6H2,1H3,(H,12,13,14). The maximum Gasteiger partial charge on any atom is 0.227 e. The SMILES string of the molecule is Cc1cnc(NC(=O)CC2COCCN2)s1. The molecule has 0 bridgehead atoms. The molecule has 0 aliphatic carbocycles. The van der Waals surface area contributed by atoms with Gasteiger partial charge in [0.15, 0.2) is 5.13 Å². The van der Waals surface area contributed by atoms with Crippen molar-refractivity contribution in [3.05, 3.63) is 11.1 Å². The Morgan fingerprint density at radius 2 is 2.69 bits per heavy atom. The highest BCUT2D eigenvalue weighted by atomic mass is 32.1. The third kappa shape index (κ3) is 3.26. The fourth-order valence-corrected chi connectivity index (χ4v) is 2.24. The van der Waals surface area contributed by atoms with Crippen LogP contribution in [0.4, 0.5) is 5.13 Å². The summed E-state index contributed by atoms with van der Waals surface area (Å²) in [6, 6.07) is 0.120. The Morgan fingerprint density at radius 1 is 1.81 bits per heavy atom. The van der Waals surface area contributed by atoms with Crippen LogP contribution in [0.15, 0.2) is 6.20 Å². The molecule has 1 atom stereocenters. The van der Waals surface area contributed by atoms with E-state index in [0.717, 1.165) is 18.0 Å². The van der Waals surface area contributed by atoms with E-state index >= 15 is 0 Å². The summed E-state index contributed by atoms with van der Waals surface area (Å²) in [5.41, 5.74) is 0. The number of rotatable bonds is 3. The number of aryl methyl sites for hydroxylation is 1. The van der Waals surface area contributed by atoms with Crippen LogP contribution in [0.1, 0.15) is 11.3 Å². The maximum absolute atomic E-state index is 11.6. The number of carbonyl (C=O) groups is 1.